The zero-order chi connectivity index (χ0) is 24.4. The van der Waals surface area contributed by atoms with E-state index in [1.54, 1.807) is 0 Å². The van der Waals surface area contributed by atoms with E-state index in [1.807, 2.05) is 124 Å². The second-order valence-corrected chi connectivity index (χ2v) is 8.96. The molecule has 0 aliphatic heterocycles. The molecule has 0 aliphatic carbocycles. The van der Waals surface area contributed by atoms with Crippen molar-refractivity contribution in [3.05, 3.63) is 102 Å². The molecule has 3 aromatic rings. The molecule has 0 atom stereocenters. The Hall–Kier alpha value is -3.81. The number of allylic oxidation sites excluding steroid dienone is 1. The fourth-order valence-electron chi connectivity index (χ4n) is 3.14. The summed E-state index contributed by atoms with van der Waals surface area (Å²) in [5.41, 5.74) is 2.34. The Kier molecular flexibility index (Phi) is 8.67. The number of para-hydroxylation sites is 1. The van der Waals surface area contributed by atoms with Gasteiger partial charge in [0.25, 0.3) is 0 Å². The molecule has 0 heterocycles. The number of carbonyl (C=O) groups excluding carboxylic acids is 1. The fourth-order valence-corrected chi connectivity index (χ4v) is 3.14. The number of hydrogen-bond acceptors (Lipinski definition) is 4. The van der Waals surface area contributed by atoms with Crippen molar-refractivity contribution >= 4 is 11.5 Å². The van der Waals surface area contributed by atoms with E-state index in [-0.39, 0.29) is 12.5 Å². The average Bonchev–Trinajstić information content (AvgIpc) is 2.80. The maximum atomic E-state index is 12.1. The summed E-state index contributed by atoms with van der Waals surface area (Å²) in [5.74, 6) is 7.86. The summed E-state index contributed by atoms with van der Waals surface area (Å²) >= 11 is 0. The highest BCUT2D eigenvalue weighted by atomic mass is 16.6. The lowest BCUT2D eigenvalue weighted by Crippen LogP contribution is -2.32. The predicted molar refractivity (Wildman–Crippen MR) is 138 cm³/mol. The highest BCUT2D eigenvalue weighted by Gasteiger charge is 2.17. The van der Waals surface area contributed by atoms with Gasteiger partial charge in [0.05, 0.1) is 6.54 Å². The van der Waals surface area contributed by atoms with Crippen LogP contribution in [0.15, 0.2) is 91.0 Å². The Morgan fingerprint density at radius 3 is 2.09 bits per heavy atom. The van der Waals surface area contributed by atoms with Crippen LogP contribution in [0.4, 0.5) is 0 Å². The summed E-state index contributed by atoms with van der Waals surface area (Å²) in [4.78, 5) is 14.0. The minimum absolute atomic E-state index is 0.214. The predicted octanol–water partition coefficient (Wildman–Crippen LogP) is 6.19. The van der Waals surface area contributed by atoms with Crippen LogP contribution in [0.1, 0.15) is 31.9 Å². The fraction of sp³-hybridized carbons (Fsp3) is 0.233. The molecule has 3 aromatic carbocycles. The first-order valence-electron chi connectivity index (χ1n) is 11.3. The topological polar surface area (TPSA) is 38.8 Å². The molecule has 0 fully saturated rings. The van der Waals surface area contributed by atoms with E-state index in [0.29, 0.717) is 6.54 Å². The van der Waals surface area contributed by atoms with Crippen molar-refractivity contribution in [1.29, 1.82) is 0 Å². The molecule has 0 radical (unpaired) electrons. The van der Waals surface area contributed by atoms with Gasteiger partial charge in [-0.25, -0.2) is 0 Å². The van der Waals surface area contributed by atoms with Crippen molar-refractivity contribution < 1.29 is 14.3 Å². The van der Waals surface area contributed by atoms with Crippen molar-refractivity contribution in [2.24, 2.45) is 0 Å². The molecule has 0 amide bonds. The quantitative estimate of drug-likeness (QED) is 0.316. The molecule has 0 saturated heterocycles. The summed E-state index contributed by atoms with van der Waals surface area (Å²) in [6.45, 7) is 6.39. The van der Waals surface area contributed by atoms with Crippen molar-refractivity contribution in [3.63, 3.8) is 0 Å². The molecule has 34 heavy (non-hydrogen) atoms. The van der Waals surface area contributed by atoms with E-state index in [9.17, 15) is 4.79 Å². The minimum atomic E-state index is -0.490. The maximum absolute atomic E-state index is 12.1. The van der Waals surface area contributed by atoms with Crippen LogP contribution in [0.2, 0.25) is 0 Å². The molecular formula is C30H31NO3. The average molecular weight is 454 g/mol. The molecule has 0 spiro atoms. The highest BCUT2D eigenvalue weighted by molar-refractivity contribution is 5.80. The summed E-state index contributed by atoms with van der Waals surface area (Å²) in [6, 6.07) is 27.4. The molecule has 174 valence electrons. The maximum Gasteiger partial charge on any atom is 0.320 e. The van der Waals surface area contributed by atoms with Crippen molar-refractivity contribution in [3.8, 4) is 23.3 Å². The van der Waals surface area contributed by atoms with E-state index in [0.717, 1.165) is 28.2 Å². The third-order valence-corrected chi connectivity index (χ3v) is 4.69. The zero-order valence-electron chi connectivity index (χ0n) is 20.2. The van der Waals surface area contributed by atoms with Gasteiger partial charge in [0, 0.05) is 17.7 Å². The van der Waals surface area contributed by atoms with Crippen LogP contribution in [-0.4, -0.2) is 36.6 Å². The summed E-state index contributed by atoms with van der Waals surface area (Å²) in [5, 5.41) is 0. The lowest BCUT2D eigenvalue weighted by atomic mass is 10.1. The Bertz CT molecular complexity index is 1150. The van der Waals surface area contributed by atoms with Gasteiger partial charge in [-0.3, -0.25) is 9.69 Å². The molecule has 0 saturated carbocycles. The molecule has 0 unspecified atom stereocenters. The number of nitrogens with zero attached hydrogens (tertiary/aromatic N) is 1. The van der Waals surface area contributed by atoms with Gasteiger partial charge in [0.2, 0.25) is 0 Å². The monoisotopic (exact) mass is 453 g/mol. The van der Waals surface area contributed by atoms with Crippen LogP contribution in [0.3, 0.4) is 0 Å². The number of hydrogen-bond donors (Lipinski definition) is 0. The molecule has 0 aliphatic rings. The van der Waals surface area contributed by atoms with Gasteiger partial charge in [-0.15, -0.1) is 0 Å². The SMILES string of the molecule is CN(CC=C(C#Cc1ccc(Oc2ccccc2)cc1)c1ccccc1)CC(=O)OC(C)(C)C. The minimum Gasteiger partial charge on any atom is -0.459 e. The van der Waals surface area contributed by atoms with Gasteiger partial charge in [-0.05, 0) is 69.8 Å². The smallest absolute Gasteiger partial charge is 0.320 e. The van der Waals surface area contributed by atoms with E-state index in [2.05, 4.69) is 11.8 Å². The van der Waals surface area contributed by atoms with Gasteiger partial charge in [0.15, 0.2) is 0 Å². The van der Waals surface area contributed by atoms with Crippen LogP contribution >= 0.6 is 0 Å². The Labute approximate surface area is 202 Å². The molecule has 4 nitrogen and oxygen atoms in total. The van der Waals surface area contributed by atoms with Gasteiger partial charge >= 0.3 is 5.97 Å². The molecule has 0 aromatic heterocycles. The lowest BCUT2D eigenvalue weighted by Gasteiger charge is -2.22. The molecule has 0 bridgehead atoms. The zero-order valence-corrected chi connectivity index (χ0v) is 20.2. The van der Waals surface area contributed by atoms with Gasteiger partial charge in [-0.2, -0.15) is 0 Å². The number of esters is 1. The molecule has 4 heteroatoms. The van der Waals surface area contributed by atoms with Crippen LogP contribution in [0.5, 0.6) is 11.5 Å². The van der Waals surface area contributed by atoms with Gasteiger partial charge < -0.3 is 9.47 Å². The number of rotatable bonds is 7. The Morgan fingerprint density at radius 2 is 1.47 bits per heavy atom. The van der Waals surface area contributed by atoms with Crippen molar-refractivity contribution in [2.75, 3.05) is 20.1 Å². The second-order valence-electron chi connectivity index (χ2n) is 8.96. The number of likely N-dealkylation sites (N-methyl/N-ethyl adjacent to an activating group) is 1. The van der Waals surface area contributed by atoms with Crippen LogP contribution in [0, 0.1) is 11.8 Å². The number of ether oxygens (including phenoxy) is 2. The van der Waals surface area contributed by atoms with Crippen LogP contribution in [0.25, 0.3) is 5.57 Å². The summed E-state index contributed by atoms with van der Waals surface area (Å²) < 4.78 is 11.3. The number of carbonyl (C=O) groups is 1. The normalized spacial score (nSPS) is 11.5. The van der Waals surface area contributed by atoms with Crippen LogP contribution < -0.4 is 4.74 Å². The molecule has 0 N–H and O–H groups in total. The highest BCUT2D eigenvalue weighted by Crippen LogP contribution is 2.21. The lowest BCUT2D eigenvalue weighted by molar-refractivity contribution is -0.155. The van der Waals surface area contributed by atoms with Crippen molar-refractivity contribution in [1.82, 2.24) is 4.90 Å². The molecular weight excluding hydrogens is 422 g/mol. The number of benzene rings is 3. The first-order chi connectivity index (χ1) is 16.3. The first-order valence-corrected chi connectivity index (χ1v) is 11.3. The van der Waals surface area contributed by atoms with E-state index < -0.39 is 5.60 Å². The standard InChI is InChI=1S/C30H31NO3/c1-30(2,3)34-29(32)23-31(4)22-21-26(25-11-7-5-8-12-25)18-15-24-16-19-28(20-17-24)33-27-13-9-6-10-14-27/h5-14,16-17,19-21H,22-23H2,1-4H3. The Morgan fingerprint density at radius 1 is 0.882 bits per heavy atom. The van der Waals surface area contributed by atoms with E-state index in [4.69, 9.17) is 9.47 Å². The summed E-state index contributed by atoms with van der Waals surface area (Å²) in [7, 11) is 1.89. The third-order valence-electron chi connectivity index (χ3n) is 4.69. The van der Waals surface area contributed by atoms with E-state index >= 15 is 0 Å². The largest absolute Gasteiger partial charge is 0.459 e. The Balaban J connectivity index is 1.70. The van der Waals surface area contributed by atoms with Crippen molar-refractivity contribution in [2.45, 2.75) is 26.4 Å². The third kappa shape index (κ3) is 8.61. The van der Waals surface area contributed by atoms with Gasteiger partial charge in [-0.1, -0.05) is 66.4 Å². The first kappa shape index (κ1) is 24.8. The second kappa shape index (κ2) is 11.9. The van der Waals surface area contributed by atoms with Gasteiger partial charge in [0.1, 0.15) is 17.1 Å². The summed E-state index contributed by atoms with van der Waals surface area (Å²) in [6.07, 6.45) is 2.04. The van der Waals surface area contributed by atoms with E-state index in [1.165, 1.54) is 0 Å². The molecule has 3 rings (SSSR count). The van der Waals surface area contributed by atoms with Crippen LogP contribution in [-0.2, 0) is 9.53 Å².